The number of carboxylic acids is 1. The normalized spacial score (nSPS) is 10.3. The fourth-order valence-corrected chi connectivity index (χ4v) is 1.57. The molecule has 0 aliphatic heterocycles. The Morgan fingerprint density at radius 3 is 2.80 bits per heavy atom. The van der Waals surface area contributed by atoms with Crippen LogP contribution in [0.2, 0.25) is 0 Å². The highest BCUT2D eigenvalue weighted by molar-refractivity contribution is 5.88. The summed E-state index contributed by atoms with van der Waals surface area (Å²) >= 11 is 0. The van der Waals surface area contributed by atoms with E-state index in [1.807, 2.05) is 0 Å². The summed E-state index contributed by atoms with van der Waals surface area (Å²) in [6.07, 6.45) is 1.21. The number of nitro groups is 1. The van der Waals surface area contributed by atoms with Gasteiger partial charge in [-0.15, -0.1) is 0 Å². The minimum Gasteiger partial charge on any atom is -0.478 e. The molecular formula is C11H9FN4O4. The molecule has 8 nitrogen and oxygen atoms in total. The van der Waals surface area contributed by atoms with Crippen LogP contribution in [0.3, 0.4) is 0 Å². The van der Waals surface area contributed by atoms with Gasteiger partial charge in [0.15, 0.2) is 0 Å². The average Bonchev–Trinajstić information content (AvgIpc) is 2.73. The molecule has 1 heterocycles. The number of hydrogen-bond donors (Lipinski definition) is 2. The third kappa shape index (κ3) is 2.41. The molecule has 104 valence electrons. The Balaban J connectivity index is 2.38. The maximum absolute atomic E-state index is 13.7. The van der Waals surface area contributed by atoms with Crippen LogP contribution < -0.4 is 5.32 Å². The first-order valence-electron chi connectivity index (χ1n) is 5.35. The molecule has 0 aliphatic rings. The Kier molecular flexibility index (Phi) is 3.34. The van der Waals surface area contributed by atoms with Crippen molar-refractivity contribution in [3.63, 3.8) is 0 Å². The third-order valence-electron chi connectivity index (χ3n) is 2.56. The molecule has 9 heteroatoms. The number of halogens is 1. The van der Waals surface area contributed by atoms with Gasteiger partial charge in [0, 0.05) is 7.05 Å². The largest absolute Gasteiger partial charge is 0.478 e. The number of rotatable bonds is 4. The topological polar surface area (TPSA) is 110 Å². The van der Waals surface area contributed by atoms with Crippen molar-refractivity contribution in [2.75, 3.05) is 5.32 Å². The molecule has 1 aromatic heterocycles. The lowest BCUT2D eigenvalue weighted by Crippen LogP contribution is -2.04. The Morgan fingerprint density at radius 2 is 2.25 bits per heavy atom. The van der Waals surface area contributed by atoms with Crippen molar-refractivity contribution < 1.29 is 19.2 Å². The van der Waals surface area contributed by atoms with Gasteiger partial charge >= 0.3 is 11.8 Å². The summed E-state index contributed by atoms with van der Waals surface area (Å²) in [6, 6.07) is 3.21. The van der Waals surface area contributed by atoms with Gasteiger partial charge in [0.25, 0.3) is 0 Å². The molecule has 0 radical (unpaired) electrons. The van der Waals surface area contributed by atoms with E-state index in [2.05, 4.69) is 10.3 Å². The van der Waals surface area contributed by atoms with Gasteiger partial charge in [-0.25, -0.2) is 9.18 Å². The minimum absolute atomic E-state index is 0.00280. The highest BCUT2D eigenvalue weighted by Gasteiger charge is 2.21. The summed E-state index contributed by atoms with van der Waals surface area (Å²) in [6.45, 7) is 0. The fraction of sp³-hybridized carbons (Fsp3) is 0.0909. The zero-order valence-electron chi connectivity index (χ0n) is 10.2. The quantitative estimate of drug-likeness (QED) is 0.653. The van der Waals surface area contributed by atoms with Gasteiger partial charge in [0.2, 0.25) is 12.1 Å². The molecule has 0 amide bonds. The van der Waals surface area contributed by atoms with E-state index in [1.165, 1.54) is 30.1 Å². The minimum atomic E-state index is -1.26. The highest BCUT2D eigenvalue weighted by atomic mass is 19.1. The molecule has 0 bridgehead atoms. The second-order valence-electron chi connectivity index (χ2n) is 3.91. The number of aromatic carboxylic acids is 1. The van der Waals surface area contributed by atoms with Crippen molar-refractivity contribution in [2.24, 2.45) is 7.05 Å². The maximum atomic E-state index is 13.7. The van der Waals surface area contributed by atoms with E-state index >= 15 is 0 Å². The van der Waals surface area contributed by atoms with Gasteiger partial charge in [0.05, 0.1) is 11.3 Å². The molecule has 1 aromatic carbocycles. The first-order valence-corrected chi connectivity index (χ1v) is 5.35. The zero-order chi connectivity index (χ0) is 14.9. The number of hydrogen-bond acceptors (Lipinski definition) is 5. The second kappa shape index (κ2) is 4.96. The van der Waals surface area contributed by atoms with Crippen LogP contribution in [0.25, 0.3) is 0 Å². The lowest BCUT2D eigenvalue weighted by Gasteiger charge is -2.07. The molecule has 0 aliphatic carbocycles. The van der Waals surface area contributed by atoms with Gasteiger partial charge < -0.3 is 20.5 Å². The molecule has 0 atom stereocenters. The molecule has 0 saturated carbocycles. The van der Waals surface area contributed by atoms with E-state index in [-0.39, 0.29) is 17.1 Å². The van der Waals surface area contributed by atoms with Crippen molar-refractivity contribution in [2.45, 2.75) is 0 Å². The van der Waals surface area contributed by atoms with Crippen LogP contribution in [0.1, 0.15) is 10.4 Å². The Bertz CT molecular complexity index is 698. The van der Waals surface area contributed by atoms with Crippen molar-refractivity contribution in [3.8, 4) is 0 Å². The van der Waals surface area contributed by atoms with Crippen molar-refractivity contribution >= 4 is 23.3 Å². The van der Waals surface area contributed by atoms with E-state index in [0.717, 1.165) is 6.07 Å². The van der Waals surface area contributed by atoms with Gasteiger partial charge in [-0.2, -0.15) is 0 Å². The van der Waals surface area contributed by atoms with E-state index in [0.29, 0.717) is 0 Å². The Hall–Kier alpha value is -2.97. The first kappa shape index (κ1) is 13.5. The number of imidazole rings is 1. The molecule has 2 N–H and O–H groups in total. The van der Waals surface area contributed by atoms with E-state index in [1.54, 1.807) is 0 Å². The number of carbonyl (C=O) groups is 1. The van der Waals surface area contributed by atoms with Gasteiger partial charge in [-0.1, -0.05) is 0 Å². The van der Waals surface area contributed by atoms with Crippen LogP contribution in [0.15, 0.2) is 24.5 Å². The molecule has 2 aromatic rings. The fourth-order valence-electron chi connectivity index (χ4n) is 1.57. The van der Waals surface area contributed by atoms with Crippen LogP contribution in [-0.2, 0) is 7.05 Å². The summed E-state index contributed by atoms with van der Waals surface area (Å²) in [4.78, 5) is 24.3. The SMILES string of the molecule is Cn1cnc([N+](=O)[O-])c1Nc1ccc(C(=O)O)cc1F. The first-order chi connectivity index (χ1) is 9.40. The molecule has 0 unspecified atom stereocenters. The third-order valence-corrected chi connectivity index (χ3v) is 2.56. The van der Waals surface area contributed by atoms with Crippen LogP contribution in [0.5, 0.6) is 0 Å². The number of aromatic nitrogens is 2. The zero-order valence-corrected chi connectivity index (χ0v) is 10.2. The molecule has 0 spiro atoms. The van der Waals surface area contributed by atoms with Gasteiger partial charge in [-0.3, -0.25) is 4.57 Å². The maximum Gasteiger partial charge on any atom is 0.406 e. The Morgan fingerprint density at radius 1 is 1.55 bits per heavy atom. The number of carboxylic acid groups (broad SMARTS) is 1. The van der Waals surface area contributed by atoms with Crippen molar-refractivity contribution in [1.82, 2.24) is 9.55 Å². The Labute approximate surface area is 111 Å². The molecule has 0 fully saturated rings. The molecule has 2 rings (SSSR count). The van der Waals surface area contributed by atoms with Crippen molar-refractivity contribution in [3.05, 3.63) is 46.0 Å². The number of nitrogens with zero attached hydrogens (tertiary/aromatic N) is 3. The summed E-state index contributed by atoms with van der Waals surface area (Å²) in [7, 11) is 1.51. The summed E-state index contributed by atoms with van der Waals surface area (Å²) < 4.78 is 15.1. The summed E-state index contributed by atoms with van der Waals surface area (Å²) in [5, 5.41) is 22.0. The lowest BCUT2D eigenvalue weighted by molar-refractivity contribution is -0.388. The number of aryl methyl sites for hydroxylation is 1. The van der Waals surface area contributed by atoms with E-state index < -0.39 is 22.5 Å². The van der Waals surface area contributed by atoms with Gasteiger partial charge in [0.1, 0.15) is 5.82 Å². The predicted octanol–water partition coefficient (Wildman–Crippen LogP) is 1.91. The summed E-state index contributed by atoms with van der Waals surface area (Å²) in [5.41, 5.74) is -0.297. The highest BCUT2D eigenvalue weighted by Crippen LogP contribution is 2.27. The lowest BCUT2D eigenvalue weighted by atomic mass is 10.2. The summed E-state index contributed by atoms with van der Waals surface area (Å²) in [5.74, 6) is -2.55. The van der Waals surface area contributed by atoms with E-state index in [9.17, 15) is 19.3 Å². The van der Waals surface area contributed by atoms with Crippen molar-refractivity contribution in [1.29, 1.82) is 0 Å². The second-order valence-corrected chi connectivity index (χ2v) is 3.91. The van der Waals surface area contributed by atoms with Crippen LogP contribution in [0.4, 0.5) is 21.7 Å². The number of benzene rings is 1. The standard InChI is InChI=1S/C11H9FN4O4/c1-15-5-13-9(16(19)20)10(15)14-8-3-2-6(11(17)18)4-7(8)12/h2-5,14H,1H3,(H,17,18). The van der Waals surface area contributed by atoms with E-state index in [4.69, 9.17) is 5.11 Å². The molecule has 20 heavy (non-hydrogen) atoms. The van der Waals surface area contributed by atoms with Gasteiger partial charge in [-0.05, 0) is 28.1 Å². The average molecular weight is 280 g/mol. The van der Waals surface area contributed by atoms with Crippen LogP contribution >= 0.6 is 0 Å². The number of nitrogens with one attached hydrogen (secondary N) is 1. The molecular weight excluding hydrogens is 271 g/mol. The van der Waals surface area contributed by atoms with Crippen LogP contribution in [0, 0.1) is 15.9 Å². The predicted molar refractivity (Wildman–Crippen MR) is 66.5 cm³/mol. The molecule has 0 saturated heterocycles. The smallest absolute Gasteiger partial charge is 0.406 e. The number of anilines is 2. The monoisotopic (exact) mass is 280 g/mol. The van der Waals surface area contributed by atoms with Crippen LogP contribution in [-0.4, -0.2) is 25.6 Å².